The number of nitriles is 1. The summed E-state index contributed by atoms with van der Waals surface area (Å²) < 4.78 is 13.2. The molecule has 0 aromatic heterocycles. The Morgan fingerprint density at radius 3 is 2.44 bits per heavy atom. The molecule has 2 rings (SSSR count). The molecule has 1 aromatic carbocycles. The van der Waals surface area contributed by atoms with Crippen LogP contribution in [0.1, 0.15) is 29.3 Å². The SMILES string of the molecule is CC(=O)N1CCN(C(=O)CCNC(=O)c2ccc(F)c(C#N)c2)CC1. The number of piperazine rings is 1. The van der Waals surface area contributed by atoms with Crippen LogP contribution < -0.4 is 5.32 Å². The van der Waals surface area contributed by atoms with Gasteiger partial charge in [-0.05, 0) is 18.2 Å². The van der Waals surface area contributed by atoms with Crippen LogP contribution in [0.15, 0.2) is 18.2 Å². The Morgan fingerprint density at radius 1 is 1.20 bits per heavy atom. The maximum Gasteiger partial charge on any atom is 0.251 e. The van der Waals surface area contributed by atoms with Crippen molar-refractivity contribution in [1.29, 1.82) is 5.26 Å². The summed E-state index contributed by atoms with van der Waals surface area (Å²) in [5.41, 5.74) is -0.0347. The average molecular weight is 346 g/mol. The molecule has 1 saturated heterocycles. The molecule has 1 N–H and O–H groups in total. The fraction of sp³-hybridized carbons (Fsp3) is 0.412. The quantitative estimate of drug-likeness (QED) is 0.859. The highest BCUT2D eigenvalue weighted by atomic mass is 19.1. The van der Waals surface area contributed by atoms with Crippen LogP contribution in [-0.4, -0.2) is 60.2 Å². The van der Waals surface area contributed by atoms with E-state index in [1.165, 1.54) is 19.1 Å². The van der Waals surface area contributed by atoms with Crippen molar-refractivity contribution in [3.05, 3.63) is 35.1 Å². The predicted octanol–water partition coefficient (Wildman–Crippen LogP) is 0.508. The molecule has 0 aliphatic carbocycles. The van der Waals surface area contributed by atoms with Gasteiger partial charge < -0.3 is 15.1 Å². The van der Waals surface area contributed by atoms with Crippen molar-refractivity contribution in [2.24, 2.45) is 0 Å². The van der Waals surface area contributed by atoms with Crippen molar-refractivity contribution in [3.63, 3.8) is 0 Å². The Morgan fingerprint density at radius 2 is 1.84 bits per heavy atom. The molecule has 0 spiro atoms. The van der Waals surface area contributed by atoms with E-state index < -0.39 is 11.7 Å². The molecule has 0 saturated carbocycles. The van der Waals surface area contributed by atoms with E-state index in [1.54, 1.807) is 15.9 Å². The van der Waals surface area contributed by atoms with Crippen LogP contribution in [-0.2, 0) is 9.59 Å². The van der Waals surface area contributed by atoms with Crippen LogP contribution in [0.3, 0.4) is 0 Å². The first kappa shape index (κ1) is 18.4. The number of nitrogens with one attached hydrogen (secondary N) is 1. The summed E-state index contributed by atoms with van der Waals surface area (Å²) in [6.45, 7) is 3.63. The summed E-state index contributed by atoms with van der Waals surface area (Å²) >= 11 is 0. The van der Waals surface area contributed by atoms with Gasteiger partial charge in [0.1, 0.15) is 11.9 Å². The molecule has 1 aromatic rings. The highest BCUT2D eigenvalue weighted by molar-refractivity contribution is 5.94. The molecule has 25 heavy (non-hydrogen) atoms. The van der Waals surface area contributed by atoms with Gasteiger partial charge in [0.15, 0.2) is 0 Å². The second-order valence-electron chi connectivity index (χ2n) is 5.70. The first-order valence-corrected chi connectivity index (χ1v) is 7.93. The van der Waals surface area contributed by atoms with Gasteiger partial charge in [-0.2, -0.15) is 5.26 Å². The zero-order valence-corrected chi connectivity index (χ0v) is 13.9. The maximum atomic E-state index is 13.2. The van der Waals surface area contributed by atoms with Gasteiger partial charge in [-0.15, -0.1) is 0 Å². The van der Waals surface area contributed by atoms with Crippen molar-refractivity contribution in [2.45, 2.75) is 13.3 Å². The van der Waals surface area contributed by atoms with E-state index in [2.05, 4.69) is 5.32 Å². The molecular formula is C17H19FN4O3. The molecule has 3 amide bonds. The highest BCUT2D eigenvalue weighted by Crippen LogP contribution is 2.09. The lowest BCUT2D eigenvalue weighted by molar-refractivity contribution is -0.138. The summed E-state index contributed by atoms with van der Waals surface area (Å²) in [5.74, 6) is -1.25. The molecule has 1 aliphatic rings. The highest BCUT2D eigenvalue weighted by Gasteiger charge is 2.22. The number of carbonyl (C=O) groups excluding carboxylic acids is 3. The number of carbonyl (C=O) groups is 3. The van der Waals surface area contributed by atoms with E-state index in [1.807, 2.05) is 0 Å². The van der Waals surface area contributed by atoms with Crippen LogP contribution in [0.25, 0.3) is 0 Å². The number of rotatable bonds is 4. The van der Waals surface area contributed by atoms with E-state index in [-0.39, 0.29) is 35.9 Å². The number of hydrogen-bond donors (Lipinski definition) is 1. The molecular weight excluding hydrogens is 327 g/mol. The summed E-state index contributed by atoms with van der Waals surface area (Å²) in [4.78, 5) is 38.7. The van der Waals surface area contributed by atoms with E-state index >= 15 is 0 Å². The van der Waals surface area contributed by atoms with Gasteiger partial charge in [0.2, 0.25) is 11.8 Å². The summed E-state index contributed by atoms with van der Waals surface area (Å²) in [6, 6.07) is 5.20. The lowest BCUT2D eigenvalue weighted by Gasteiger charge is -2.34. The summed E-state index contributed by atoms with van der Waals surface area (Å²) in [6.07, 6.45) is 0.137. The number of hydrogen-bond acceptors (Lipinski definition) is 4. The van der Waals surface area contributed by atoms with Crippen LogP contribution >= 0.6 is 0 Å². The van der Waals surface area contributed by atoms with Crippen molar-refractivity contribution in [2.75, 3.05) is 32.7 Å². The molecule has 0 atom stereocenters. The van der Waals surface area contributed by atoms with Crippen LogP contribution in [0.4, 0.5) is 4.39 Å². The topological polar surface area (TPSA) is 93.5 Å². The van der Waals surface area contributed by atoms with Crippen LogP contribution in [0.2, 0.25) is 0 Å². The molecule has 1 fully saturated rings. The minimum atomic E-state index is -0.682. The van der Waals surface area contributed by atoms with Crippen molar-refractivity contribution < 1.29 is 18.8 Å². The molecule has 132 valence electrons. The molecule has 1 heterocycles. The van der Waals surface area contributed by atoms with E-state index in [9.17, 15) is 18.8 Å². The third-order valence-corrected chi connectivity index (χ3v) is 4.05. The van der Waals surface area contributed by atoms with Crippen LogP contribution in [0.5, 0.6) is 0 Å². The Bertz CT molecular complexity index is 721. The lowest BCUT2D eigenvalue weighted by Crippen LogP contribution is -2.50. The standard InChI is InChI=1S/C17H19FN4O3/c1-12(23)21-6-8-22(9-7-21)16(24)4-5-20-17(25)13-2-3-15(18)14(10-13)11-19/h2-3,10H,4-9H2,1H3,(H,20,25). The smallest absolute Gasteiger partial charge is 0.251 e. The van der Waals surface area contributed by atoms with Crippen molar-refractivity contribution >= 4 is 17.7 Å². The third kappa shape index (κ3) is 4.76. The Labute approximate surface area is 145 Å². The Balaban J connectivity index is 1.79. The average Bonchev–Trinajstić information content (AvgIpc) is 2.61. The van der Waals surface area contributed by atoms with Crippen molar-refractivity contribution in [3.8, 4) is 6.07 Å². The number of halogens is 1. The second-order valence-corrected chi connectivity index (χ2v) is 5.70. The third-order valence-electron chi connectivity index (χ3n) is 4.05. The van der Waals surface area contributed by atoms with Gasteiger partial charge in [-0.1, -0.05) is 0 Å². The minimum absolute atomic E-state index is 0.00426. The number of amides is 3. The molecule has 8 heteroatoms. The fourth-order valence-electron chi connectivity index (χ4n) is 2.57. The number of benzene rings is 1. The van der Waals surface area contributed by atoms with Gasteiger partial charge in [-0.3, -0.25) is 14.4 Å². The van der Waals surface area contributed by atoms with Gasteiger partial charge in [0.25, 0.3) is 5.91 Å². The lowest BCUT2D eigenvalue weighted by atomic mass is 10.1. The first-order chi connectivity index (χ1) is 11.9. The van der Waals surface area contributed by atoms with Gasteiger partial charge in [-0.25, -0.2) is 4.39 Å². The molecule has 1 aliphatic heterocycles. The minimum Gasteiger partial charge on any atom is -0.352 e. The normalized spacial score (nSPS) is 14.0. The second kappa shape index (κ2) is 8.24. The first-order valence-electron chi connectivity index (χ1n) is 7.93. The largest absolute Gasteiger partial charge is 0.352 e. The van der Waals surface area contributed by atoms with E-state index in [4.69, 9.17) is 5.26 Å². The monoisotopic (exact) mass is 346 g/mol. The predicted molar refractivity (Wildman–Crippen MR) is 86.9 cm³/mol. The van der Waals surface area contributed by atoms with Gasteiger partial charge >= 0.3 is 0 Å². The van der Waals surface area contributed by atoms with Gasteiger partial charge in [0.05, 0.1) is 5.56 Å². The van der Waals surface area contributed by atoms with Gasteiger partial charge in [0, 0.05) is 51.6 Å². The van der Waals surface area contributed by atoms with Crippen molar-refractivity contribution in [1.82, 2.24) is 15.1 Å². The Kier molecular flexibility index (Phi) is 6.06. The fourth-order valence-corrected chi connectivity index (χ4v) is 2.57. The molecule has 0 radical (unpaired) electrons. The zero-order chi connectivity index (χ0) is 18.4. The van der Waals surface area contributed by atoms with E-state index in [0.29, 0.717) is 26.2 Å². The number of nitrogens with zero attached hydrogens (tertiary/aromatic N) is 3. The summed E-state index contributed by atoms with van der Waals surface area (Å²) in [5, 5.41) is 11.4. The molecule has 7 nitrogen and oxygen atoms in total. The Hall–Kier alpha value is -2.95. The maximum absolute atomic E-state index is 13.2. The zero-order valence-electron chi connectivity index (χ0n) is 13.9. The molecule has 0 bridgehead atoms. The summed E-state index contributed by atoms with van der Waals surface area (Å²) in [7, 11) is 0. The molecule has 0 unspecified atom stereocenters. The van der Waals surface area contributed by atoms with E-state index in [0.717, 1.165) is 6.07 Å². The van der Waals surface area contributed by atoms with Crippen LogP contribution in [0, 0.1) is 17.1 Å².